The van der Waals surface area contributed by atoms with Gasteiger partial charge in [0, 0.05) is 0 Å². The fraction of sp³-hybridized carbons (Fsp3) is 0.667. The highest BCUT2D eigenvalue weighted by Crippen LogP contribution is 2.11. The quantitative estimate of drug-likeness (QED) is 0.648. The van der Waals surface area contributed by atoms with E-state index in [9.17, 15) is 0 Å². The smallest absolute Gasteiger partial charge is 0.0720 e. The highest BCUT2D eigenvalue weighted by molar-refractivity contribution is 5.22. The second-order valence-electron chi connectivity index (χ2n) is 6.07. The Balaban J connectivity index is 2.27. The third kappa shape index (κ3) is 7.66. The van der Waals surface area contributed by atoms with Gasteiger partial charge in [0.25, 0.3) is 0 Å². The molecule has 0 aliphatic carbocycles. The zero-order valence-corrected chi connectivity index (χ0v) is 13.6. The van der Waals surface area contributed by atoms with Gasteiger partial charge in [0.2, 0.25) is 0 Å². The van der Waals surface area contributed by atoms with Gasteiger partial charge in [0.15, 0.2) is 0 Å². The van der Waals surface area contributed by atoms with Crippen molar-refractivity contribution in [2.75, 3.05) is 13.1 Å². The van der Waals surface area contributed by atoms with Crippen LogP contribution in [0.1, 0.15) is 51.7 Å². The molecule has 0 heterocycles. The van der Waals surface area contributed by atoms with E-state index in [1.807, 2.05) is 0 Å². The van der Waals surface area contributed by atoms with Gasteiger partial charge in [0.1, 0.15) is 0 Å². The van der Waals surface area contributed by atoms with Crippen LogP contribution in [0.5, 0.6) is 0 Å². The maximum absolute atomic E-state index is 5.88. The predicted molar refractivity (Wildman–Crippen MR) is 87.0 cm³/mol. The lowest BCUT2D eigenvalue weighted by Gasteiger charge is -2.15. The summed E-state index contributed by atoms with van der Waals surface area (Å²) in [5.74, 6) is 0.697. The van der Waals surface area contributed by atoms with E-state index in [1.54, 1.807) is 0 Å². The number of rotatable bonds is 10. The summed E-state index contributed by atoms with van der Waals surface area (Å²) in [5, 5.41) is 3.43. The van der Waals surface area contributed by atoms with Crippen molar-refractivity contribution in [2.24, 2.45) is 5.92 Å². The summed E-state index contributed by atoms with van der Waals surface area (Å²) >= 11 is 0. The summed E-state index contributed by atoms with van der Waals surface area (Å²) in [6.45, 7) is 11.7. The molecule has 0 aliphatic heterocycles. The van der Waals surface area contributed by atoms with Crippen LogP contribution in [0.2, 0.25) is 0 Å². The molecule has 2 heteroatoms. The van der Waals surface area contributed by atoms with E-state index >= 15 is 0 Å². The van der Waals surface area contributed by atoms with Gasteiger partial charge in [0.05, 0.1) is 12.7 Å². The molecule has 2 nitrogen and oxygen atoms in total. The molecule has 0 amide bonds. The first-order valence-corrected chi connectivity index (χ1v) is 8.02. The van der Waals surface area contributed by atoms with Crippen LogP contribution in [0.25, 0.3) is 0 Å². The van der Waals surface area contributed by atoms with Crippen LogP contribution in [0.4, 0.5) is 0 Å². The van der Waals surface area contributed by atoms with Crippen LogP contribution in [-0.4, -0.2) is 19.2 Å². The lowest BCUT2D eigenvalue weighted by Crippen LogP contribution is -2.17. The van der Waals surface area contributed by atoms with Gasteiger partial charge < -0.3 is 10.1 Å². The van der Waals surface area contributed by atoms with E-state index in [1.165, 1.54) is 17.5 Å². The fourth-order valence-corrected chi connectivity index (χ4v) is 2.31. The van der Waals surface area contributed by atoms with E-state index in [-0.39, 0.29) is 0 Å². The third-order valence-corrected chi connectivity index (χ3v) is 3.38. The molecule has 0 aromatic heterocycles. The molecule has 0 bridgehead atoms. The van der Waals surface area contributed by atoms with E-state index in [0.29, 0.717) is 12.0 Å². The first-order chi connectivity index (χ1) is 9.61. The second kappa shape index (κ2) is 9.95. The van der Waals surface area contributed by atoms with Crippen LogP contribution >= 0.6 is 0 Å². The molecular weight excluding hydrogens is 246 g/mol. The van der Waals surface area contributed by atoms with Crippen molar-refractivity contribution in [1.82, 2.24) is 5.32 Å². The van der Waals surface area contributed by atoms with E-state index < -0.39 is 0 Å². The minimum atomic E-state index is 0.341. The van der Waals surface area contributed by atoms with Gasteiger partial charge in [-0.2, -0.15) is 0 Å². The molecule has 1 N–H and O–H groups in total. The molecule has 0 spiro atoms. The minimum absolute atomic E-state index is 0.341. The molecule has 0 radical (unpaired) electrons. The van der Waals surface area contributed by atoms with Crippen molar-refractivity contribution in [2.45, 2.75) is 59.7 Å². The van der Waals surface area contributed by atoms with E-state index in [4.69, 9.17) is 4.74 Å². The zero-order chi connectivity index (χ0) is 14.8. The SMILES string of the molecule is CCCNCCc1ccc(COC(C)CC(C)C)cc1. The standard InChI is InChI=1S/C18H31NO/c1-5-11-19-12-10-17-6-8-18(9-7-17)14-20-16(4)13-15(2)3/h6-9,15-16,19H,5,10-14H2,1-4H3. The van der Waals surface area contributed by atoms with Gasteiger partial charge in [-0.3, -0.25) is 0 Å². The van der Waals surface area contributed by atoms with Crippen LogP contribution in [0, 0.1) is 5.92 Å². The first kappa shape index (κ1) is 17.2. The molecule has 1 rings (SSSR count). The third-order valence-electron chi connectivity index (χ3n) is 3.38. The molecule has 0 saturated heterocycles. The van der Waals surface area contributed by atoms with Crippen LogP contribution in [0.15, 0.2) is 24.3 Å². The van der Waals surface area contributed by atoms with E-state index in [2.05, 4.69) is 57.3 Å². The highest BCUT2D eigenvalue weighted by atomic mass is 16.5. The van der Waals surface area contributed by atoms with Gasteiger partial charge in [-0.05, 0) is 56.3 Å². The zero-order valence-electron chi connectivity index (χ0n) is 13.6. The normalized spacial score (nSPS) is 12.8. The summed E-state index contributed by atoms with van der Waals surface area (Å²) in [5.41, 5.74) is 2.67. The monoisotopic (exact) mass is 277 g/mol. The van der Waals surface area contributed by atoms with Crippen molar-refractivity contribution in [3.63, 3.8) is 0 Å². The lowest BCUT2D eigenvalue weighted by molar-refractivity contribution is 0.0397. The number of benzene rings is 1. The fourth-order valence-electron chi connectivity index (χ4n) is 2.31. The van der Waals surface area contributed by atoms with Crippen LogP contribution in [0.3, 0.4) is 0 Å². The van der Waals surface area contributed by atoms with E-state index in [0.717, 1.165) is 32.5 Å². The molecule has 1 aromatic carbocycles. The Labute approximate surface area is 124 Å². The lowest BCUT2D eigenvalue weighted by atomic mass is 10.1. The Morgan fingerprint density at radius 1 is 1.00 bits per heavy atom. The number of hydrogen-bond donors (Lipinski definition) is 1. The van der Waals surface area contributed by atoms with Crippen LogP contribution < -0.4 is 5.32 Å². The average molecular weight is 277 g/mol. The van der Waals surface area contributed by atoms with Crippen molar-refractivity contribution < 1.29 is 4.74 Å². The Morgan fingerprint density at radius 3 is 2.25 bits per heavy atom. The predicted octanol–water partition coefficient (Wildman–Crippen LogP) is 4.18. The minimum Gasteiger partial charge on any atom is -0.374 e. The van der Waals surface area contributed by atoms with Crippen molar-refractivity contribution in [3.8, 4) is 0 Å². The van der Waals surface area contributed by atoms with Crippen LogP contribution in [-0.2, 0) is 17.8 Å². The molecule has 1 aromatic rings. The van der Waals surface area contributed by atoms with Crippen molar-refractivity contribution in [1.29, 1.82) is 0 Å². The van der Waals surface area contributed by atoms with Crippen molar-refractivity contribution >= 4 is 0 Å². The number of hydrogen-bond acceptors (Lipinski definition) is 2. The molecule has 1 unspecified atom stereocenters. The Kier molecular flexibility index (Phi) is 8.56. The second-order valence-corrected chi connectivity index (χ2v) is 6.07. The van der Waals surface area contributed by atoms with Crippen molar-refractivity contribution in [3.05, 3.63) is 35.4 Å². The van der Waals surface area contributed by atoms with Gasteiger partial charge in [-0.15, -0.1) is 0 Å². The summed E-state index contributed by atoms with van der Waals surface area (Å²) in [6.07, 6.45) is 3.77. The molecular formula is C18H31NO. The van der Waals surface area contributed by atoms with Gasteiger partial charge in [-0.1, -0.05) is 45.0 Å². The largest absolute Gasteiger partial charge is 0.374 e. The molecule has 0 saturated carbocycles. The molecule has 114 valence electrons. The summed E-state index contributed by atoms with van der Waals surface area (Å²) in [7, 11) is 0. The molecule has 0 aliphatic rings. The maximum Gasteiger partial charge on any atom is 0.0720 e. The first-order valence-electron chi connectivity index (χ1n) is 8.02. The summed E-state index contributed by atoms with van der Waals surface area (Å²) < 4.78 is 5.88. The Morgan fingerprint density at radius 2 is 1.65 bits per heavy atom. The Hall–Kier alpha value is -0.860. The highest BCUT2D eigenvalue weighted by Gasteiger charge is 2.05. The summed E-state index contributed by atoms with van der Waals surface area (Å²) in [6, 6.07) is 8.83. The molecule has 1 atom stereocenters. The molecule has 20 heavy (non-hydrogen) atoms. The molecule has 0 fully saturated rings. The Bertz CT molecular complexity index is 345. The number of ether oxygens (including phenoxy) is 1. The maximum atomic E-state index is 5.88. The average Bonchev–Trinajstić information content (AvgIpc) is 2.42. The topological polar surface area (TPSA) is 21.3 Å². The van der Waals surface area contributed by atoms with Gasteiger partial charge >= 0.3 is 0 Å². The number of nitrogens with one attached hydrogen (secondary N) is 1. The van der Waals surface area contributed by atoms with Gasteiger partial charge in [-0.25, -0.2) is 0 Å². The summed E-state index contributed by atoms with van der Waals surface area (Å²) in [4.78, 5) is 0.